The van der Waals surface area contributed by atoms with Crippen LogP contribution in [0.4, 0.5) is 0 Å². The fraction of sp³-hybridized carbons (Fsp3) is 1.00. The Bertz CT molecular complexity index is 191. The molecule has 2 fully saturated rings. The molecule has 0 aromatic rings. The fourth-order valence-electron chi connectivity index (χ4n) is 3.26. The molecule has 0 atom stereocenters. The van der Waals surface area contributed by atoms with Crippen LogP contribution in [0.15, 0.2) is 0 Å². The SMILES string of the molecule is CNC1CCC(N(C)C2CC(C)C2)CC1. The summed E-state index contributed by atoms with van der Waals surface area (Å²) in [6, 6.07) is 2.55. The summed E-state index contributed by atoms with van der Waals surface area (Å²) in [5.74, 6) is 0.978. The Labute approximate surface area is 94.4 Å². The standard InChI is InChI=1S/C13H26N2/c1-10-8-13(9-10)15(3)12-6-4-11(14-2)5-7-12/h10-14H,4-9H2,1-3H3. The van der Waals surface area contributed by atoms with Gasteiger partial charge in [0.15, 0.2) is 0 Å². The van der Waals surface area contributed by atoms with Gasteiger partial charge in [0.1, 0.15) is 0 Å². The predicted octanol–water partition coefficient (Wildman–Crippen LogP) is 2.25. The lowest BCUT2D eigenvalue weighted by Crippen LogP contribution is -2.49. The van der Waals surface area contributed by atoms with Crippen molar-refractivity contribution in [3.63, 3.8) is 0 Å². The molecule has 0 heterocycles. The van der Waals surface area contributed by atoms with Crippen molar-refractivity contribution in [2.45, 2.75) is 63.6 Å². The van der Waals surface area contributed by atoms with Crippen LogP contribution in [-0.2, 0) is 0 Å². The van der Waals surface area contributed by atoms with Crippen LogP contribution in [0.2, 0.25) is 0 Å². The quantitative estimate of drug-likeness (QED) is 0.768. The molecule has 2 aliphatic carbocycles. The van der Waals surface area contributed by atoms with Gasteiger partial charge in [0.05, 0.1) is 0 Å². The molecule has 0 saturated heterocycles. The molecule has 0 aliphatic heterocycles. The van der Waals surface area contributed by atoms with Crippen molar-refractivity contribution in [2.24, 2.45) is 5.92 Å². The number of nitrogens with one attached hydrogen (secondary N) is 1. The predicted molar refractivity (Wildman–Crippen MR) is 65.1 cm³/mol. The van der Waals surface area contributed by atoms with E-state index in [1.165, 1.54) is 38.5 Å². The van der Waals surface area contributed by atoms with Gasteiger partial charge < -0.3 is 10.2 Å². The molecule has 0 aromatic carbocycles. The van der Waals surface area contributed by atoms with Crippen molar-refractivity contribution in [3.8, 4) is 0 Å². The van der Waals surface area contributed by atoms with E-state index in [0.29, 0.717) is 0 Å². The van der Waals surface area contributed by atoms with Gasteiger partial charge in [-0.1, -0.05) is 6.92 Å². The summed E-state index contributed by atoms with van der Waals surface area (Å²) in [5, 5.41) is 3.41. The first-order chi connectivity index (χ1) is 7.20. The van der Waals surface area contributed by atoms with Gasteiger partial charge in [0.2, 0.25) is 0 Å². The number of hydrogen-bond acceptors (Lipinski definition) is 2. The van der Waals surface area contributed by atoms with Crippen LogP contribution >= 0.6 is 0 Å². The minimum Gasteiger partial charge on any atom is -0.317 e. The zero-order chi connectivity index (χ0) is 10.8. The van der Waals surface area contributed by atoms with E-state index in [9.17, 15) is 0 Å². The molecule has 2 saturated carbocycles. The summed E-state index contributed by atoms with van der Waals surface area (Å²) < 4.78 is 0. The molecule has 0 spiro atoms. The van der Waals surface area contributed by atoms with E-state index in [1.54, 1.807) is 0 Å². The van der Waals surface area contributed by atoms with Gasteiger partial charge in [-0.2, -0.15) is 0 Å². The van der Waals surface area contributed by atoms with Crippen LogP contribution in [-0.4, -0.2) is 37.1 Å². The highest BCUT2D eigenvalue weighted by Crippen LogP contribution is 2.34. The van der Waals surface area contributed by atoms with Crippen molar-refractivity contribution in [1.29, 1.82) is 0 Å². The van der Waals surface area contributed by atoms with Gasteiger partial charge in [-0.15, -0.1) is 0 Å². The van der Waals surface area contributed by atoms with Gasteiger partial charge >= 0.3 is 0 Å². The van der Waals surface area contributed by atoms with Gasteiger partial charge in [-0.05, 0) is 58.5 Å². The van der Waals surface area contributed by atoms with Gasteiger partial charge in [-0.25, -0.2) is 0 Å². The summed E-state index contributed by atoms with van der Waals surface area (Å²) in [6.45, 7) is 2.38. The van der Waals surface area contributed by atoms with Crippen molar-refractivity contribution < 1.29 is 0 Å². The van der Waals surface area contributed by atoms with Crippen molar-refractivity contribution >= 4 is 0 Å². The third-order valence-electron chi connectivity index (χ3n) is 4.61. The molecular weight excluding hydrogens is 184 g/mol. The van der Waals surface area contributed by atoms with E-state index in [4.69, 9.17) is 0 Å². The molecule has 15 heavy (non-hydrogen) atoms. The normalized spacial score (nSPS) is 41.6. The molecule has 0 unspecified atom stereocenters. The monoisotopic (exact) mass is 210 g/mol. The largest absolute Gasteiger partial charge is 0.317 e. The van der Waals surface area contributed by atoms with Crippen LogP contribution in [0.3, 0.4) is 0 Å². The second kappa shape index (κ2) is 4.84. The Morgan fingerprint density at radius 3 is 2.07 bits per heavy atom. The second-order valence-corrected chi connectivity index (χ2v) is 5.69. The summed E-state index contributed by atoms with van der Waals surface area (Å²) in [7, 11) is 4.45. The molecule has 2 nitrogen and oxygen atoms in total. The van der Waals surface area contributed by atoms with Crippen molar-refractivity contribution in [1.82, 2.24) is 10.2 Å². The van der Waals surface area contributed by atoms with E-state index in [-0.39, 0.29) is 0 Å². The first-order valence-electron chi connectivity index (χ1n) is 6.60. The third kappa shape index (κ3) is 2.54. The maximum Gasteiger partial charge on any atom is 0.0100 e. The molecule has 0 bridgehead atoms. The Morgan fingerprint density at radius 1 is 1.00 bits per heavy atom. The number of rotatable bonds is 3. The minimum atomic E-state index is 0.787. The highest BCUT2D eigenvalue weighted by atomic mass is 15.2. The zero-order valence-electron chi connectivity index (χ0n) is 10.5. The van der Waals surface area contributed by atoms with E-state index in [0.717, 1.165) is 24.0 Å². The first kappa shape index (κ1) is 11.4. The molecule has 88 valence electrons. The second-order valence-electron chi connectivity index (χ2n) is 5.69. The molecule has 2 heteroatoms. The Balaban J connectivity index is 1.75. The third-order valence-corrected chi connectivity index (χ3v) is 4.61. The van der Waals surface area contributed by atoms with Crippen LogP contribution < -0.4 is 5.32 Å². The molecule has 2 aliphatic rings. The lowest BCUT2D eigenvalue weighted by Gasteiger charge is -2.45. The average Bonchev–Trinajstić information content (AvgIpc) is 2.24. The minimum absolute atomic E-state index is 0.787. The van der Waals surface area contributed by atoms with Crippen molar-refractivity contribution in [2.75, 3.05) is 14.1 Å². The lowest BCUT2D eigenvalue weighted by atomic mass is 9.79. The van der Waals surface area contributed by atoms with Gasteiger partial charge in [-0.3, -0.25) is 0 Å². The molecule has 0 amide bonds. The highest BCUT2D eigenvalue weighted by Gasteiger charge is 2.33. The van der Waals surface area contributed by atoms with Gasteiger partial charge in [0, 0.05) is 18.1 Å². The van der Waals surface area contributed by atoms with E-state index < -0.39 is 0 Å². The van der Waals surface area contributed by atoms with E-state index in [1.807, 2.05) is 0 Å². The molecule has 0 radical (unpaired) electrons. The molecule has 1 N–H and O–H groups in total. The van der Waals surface area contributed by atoms with Crippen LogP contribution in [0.5, 0.6) is 0 Å². The Morgan fingerprint density at radius 2 is 1.60 bits per heavy atom. The topological polar surface area (TPSA) is 15.3 Å². The number of nitrogens with zero attached hydrogens (tertiary/aromatic N) is 1. The first-order valence-corrected chi connectivity index (χ1v) is 6.60. The Hall–Kier alpha value is -0.0800. The van der Waals surface area contributed by atoms with E-state index in [2.05, 4.69) is 31.2 Å². The highest BCUT2D eigenvalue weighted by molar-refractivity contribution is 4.89. The average molecular weight is 210 g/mol. The summed E-state index contributed by atoms with van der Waals surface area (Å²) in [4.78, 5) is 2.67. The smallest absolute Gasteiger partial charge is 0.0100 e. The fourth-order valence-corrected chi connectivity index (χ4v) is 3.26. The lowest BCUT2D eigenvalue weighted by molar-refractivity contribution is 0.0530. The van der Waals surface area contributed by atoms with E-state index >= 15 is 0 Å². The summed E-state index contributed by atoms with van der Waals surface area (Å²) >= 11 is 0. The van der Waals surface area contributed by atoms with Crippen LogP contribution in [0.25, 0.3) is 0 Å². The summed E-state index contributed by atoms with van der Waals surface area (Å²) in [6.07, 6.45) is 8.40. The molecule has 0 aromatic heterocycles. The zero-order valence-corrected chi connectivity index (χ0v) is 10.5. The maximum atomic E-state index is 3.41. The van der Waals surface area contributed by atoms with Gasteiger partial charge in [0.25, 0.3) is 0 Å². The van der Waals surface area contributed by atoms with Crippen LogP contribution in [0, 0.1) is 5.92 Å². The Kier molecular flexibility index (Phi) is 3.68. The molecule has 2 rings (SSSR count). The maximum absolute atomic E-state index is 3.41. The molecular formula is C13H26N2. The number of hydrogen-bond donors (Lipinski definition) is 1. The van der Waals surface area contributed by atoms with Crippen LogP contribution in [0.1, 0.15) is 45.4 Å². The summed E-state index contributed by atoms with van der Waals surface area (Å²) in [5.41, 5.74) is 0. The van der Waals surface area contributed by atoms with Crippen molar-refractivity contribution in [3.05, 3.63) is 0 Å².